The Labute approximate surface area is 195 Å². The monoisotopic (exact) mass is 469 g/mol. The predicted octanol–water partition coefficient (Wildman–Crippen LogP) is 2.79. The molecular formula is C25H31N3O4S. The van der Waals surface area contributed by atoms with Gasteiger partial charge in [0.05, 0.1) is 10.9 Å². The van der Waals surface area contributed by atoms with Crippen LogP contribution in [0.2, 0.25) is 0 Å². The molecular weight excluding hydrogens is 438 g/mol. The summed E-state index contributed by atoms with van der Waals surface area (Å²) in [5, 5.41) is 5.92. The van der Waals surface area contributed by atoms with Crippen molar-refractivity contribution in [2.24, 2.45) is 5.92 Å². The van der Waals surface area contributed by atoms with Gasteiger partial charge in [0, 0.05) is 19.0 Å². The minimum atomic E-state index is -3.55. The summed E-state index contributed by atoms with van der Waals surface area (Å²) < 4.78 is 27.0. The van der Waals surface area contributed by atoms with Crippen molar-refractivity contribution in [3.8, 4) is 0 Å². The number of carbonyl (C=O) groups is 2. The summed E-state index contributed by atoms with van der Waals surface area (Å²) in [6.07, 6.45) is 3.79. The Hall–Kier alpha value is -2.71. The van der Waals surface area contributed by atoms with Crippen molar-refractivity contribution in [1.82, 2.24) is 14.9 Å². The Kier molecular flexibility index (Phi) is 7.14. The van der Waals surface area contributed by atoms with E-state index in [0.29, 0.717) is 12.8 Å². The van der Waals surface area contributed by atoms with Gasteiger partial charge in [0.25, 0.3) is 0 Å². The summed E-state index contributed by atoms with van der Waals surface area (Å²) in [5.74, 6) is -0.703. The minimum absolute atomic E-state index is 0.0340. The molecule has 2 atom stereocenters. The Morgan fingerprint density at radius 1 is 0.970 bits per heavy atom. The fourth-order valence-corrected chi connectivity index (χ4v) is 6.19. The van der Waals surface area contributed by atoms with Crippen LogP contribution in [0.15, 0.2) is 59.5 Å². The number of benzene rings is 2. The van der Waals surface area contributed by atoms with Crippen molar-refractivity contribution in [3.05, 3.63) is 65.7 Å². The highest BCUT2D eigenvalue weighted by atomic mass is 32.2. The van der Waals surface area contributed by atoms with Gasteiger partial charge in [-0.25, -0.2) is 8.42 Å². The number of aryl methyl sites for hydroxylation is 1. The second kappa shape index (κ2) is 10.1. The van der Waals surface area contributed by atoms with E-state index < -0.39 is 16.1 Å². The lowest BCUT2D eigenvalue weighted by atomic mass is 9.87. The summed E-state index contributed by atoms with van der Waals surface area (Å²) in [4.78, 5) is 25.8. The third kappa shape index (κ3) is 5.28. The summed E-state index contributed by atoms with van der Waals surface area (Å²) in [6.45, 7) is 2.26. The van der Waals surface area contributed by atoms with Gasteiger partial charge < -0.3 is 10.6 Å². The Balaban J connectivity index is 1.29. The van der Waals surface area contributed by atoms with Gasteiger partial charge in [-0.05, 0) is 62.3 Å². The summed E-state index contributed by atoms with van der Waals surface area (Å²) in [6, 6.07) is 15.8. The third-order valence-corrected chi connectivity index (χ3v) is 8.56. The Morgan fingerprint density at radius 2 is 1.64 bits per heavy atom. The van der Waals surface area contributed by atoms with Gasteiger partial charge in [0.1, 0.15) is 6.04 Å². The zero-order valence-electron chi connectivity index (χ0n) is 18.9. The maximum Gasteiger partial charge on any atom is 0.243 e. The highest BCUT2D eigenvalue weighted by Crippen LogP contribution is 2.29. The number of carbonyl (C=O) groups excluding carboxylic acids is 2. The molecule has 4 rings (SSSR count). The van der Waals surface area contributed by atoms with Crippen LogP contribution >= 0.6 is 0 Å². The molecule has 1 aliphatic carbocycles. The maximum absolute atomic E-state index is 12.8. The highest BCUT2D eigenvalue weighted by molar-refractivity contribution is 7.89. The minimum Gasteiger partial charge on any atom is -0.348 e. The predicted molar refractivity (Wildman–Crippen MR) is 126 cm³/mol. The molecule has 33 heavy (non-hydrogen) atoms. The molecule has 0 unspecified atom stereocenters. The molecule has 176 valence electrons. The van der Waals surface area contributed by atoms with Gasteiger partial charge in [-0.15, -0.1) is 0 Å². The fraction of sp³-hybridized carbons (Fsp3) is 0.440. The van der Waals surface area contributed by atoms with Crippen LogP contribution in [-0.4, -0.2) is 43.7 Å². The van der Waals surface area contributed by atoms with Crippen molar-refractivity contribution in [3.63, 3.8) is 0 Å². The molecule has 0 saturated carbocycles. The standard InChI is InChI=1S/C25H31N3O4S/c1-18(24(29)27-23-13-7-9-19-8-5-6-12-22(19)23)26-25(30)20-14-16-28(17-15-20)33(31,32)21-10-3-2-4-11-21/h2-6,8,10-12,18,20,23H,7,9,13-17H2,1H3,(H,26,30)(H,27,29)/t18-,23+/m0/s1. The summed E-state index contributed by atoms with van der Waals surface area (Å²) >= 11 is 0. The molecule has 2 N–H and O–H groups in total. The van der Waals surface area contributed by atoms with Gasteiger partial charge in [0.15, 0.2) is 0 Å². The number of nitrogens with zero attached hydrogens (tertiary/aromatic N) is 1. The topological polar surface area (TPSA) is 95.6 Å². The van der Waals surface area contributed by atoms with Crippen molar-refractivity contribution < 1.29 is 18.0 Å². The first-order valence-corrected chi connectivity index (χ1v) is 13.0. The molecule has 7 nitrogen and oxygen atoms in total. The number of fused-ring (bicyclic) bond motifs is 1. The van der Waals surface area contributed by atoms with E-state index in [0.717, 1.165) is 24.8 Å². The third-order valence-electron chi connectivity index (χ3n) is 6.64. The van der Waals surface area contributed by atoms with Crippen molar-refractivity contribution >= 4 is 21.8 Å². The number of sulfonamides is 1. The molecule has 0 aromatic heterocycles. The van der Waals surface area contributed by atoms with Crippen LogP contribution in [-0.2, 0) is 26.0 Å². The largest absolute Gasteiger partial charge is 0.348 e. The zero-order valence-corrected chi connectivity index (χ0v) is 19.7. The first kappa shape index (κ1) is 23.4. The van der Waals surface area contributed by atoms with Gasteiger partial charge >= 0.3 is 0 Å². The number of hydrogen-bond acceptors (Lipinski definition) is 4. The van der Waals surface area contributed by atoms with Crippen LogP contribution in [0.25, 0.3) is 0 Å². The first-order valence-electron chi connectivity index (χ1n) is 11.6. The first-order chi connectivity index (χ1) is 15.9. The van der Waals surface area contributed by atoms with E-state index in [1.165, 1.54) is 9.87 Å². The van der Waals surface area contributed by atoms with Crippen LogP contribution in [0.5, 0.6) is 0 Å². The van der Waals surface area contributed by atoms with Crippen LogP contribution < -0.4 is 10.6 Å². The molecule has 8 heteroatoms. The van der Waals surface area contributed by atoms with E-state index in [9.17, 15) is 18.0 Å². The molecule has 2 aromatic rings. The quantitative estimate of drug-likeness (QED) is 0.680. The number of amides is 2. The molecule has 0 spiro atoms. The van der Waals surface area contributed by atoms with Crippen LogP contribution in [0.1, 0.15) is 49.8 Å². The van der Waals surface area contributed by atoms with E-state index in [-0.39, 0.29) is 41.8 Å². The van der Waals surface area contributed by atoms with Crippen molar-refractivity contribution in [2.75, 3.05) is 13.1 Å². The Bertz CT molecular complexity index is 1100. The normalized spacial score (nSPS) is 20.5. The second-order valence-corrected chi connectivity index (χ2v) is 10.8. The Morgan fingerprint density at radius 3 is 2.36 bits per heavy atom. The average Bonchev–Trinajstić information content (AvgIpc) is 2.84. The maximum atomic E-state index is 12.8. The van der Waals surface area contributed by atoms with Gasteiger partial charge in [0.2, 0.25) is 21.8 Å². The lowest BCUT2D eigenvalue weighted by molar-refractivity contribution is -0.131. The number of piperidine rings is 1. The summed E-state index contributed by atoms with van der Waals surface area (Å²) in [5.41, 5.74) is 2.42. The van der Waals surface area contributed by atoms with Crippen LogP contribution in [0.3, 0.4) is 0 Å². The lowest BCUT2D eigenvalue weighted by Crippen LogP contribution is -2.49. The van der Waals surface area contributed by atoms with E-state index in [2.05, 4.69) is 22.8 Å². The number of nitrogens with one attached hydrogen (secondary N) is 2. The number of hydrogen-bond donors (Lipinski definition) is 2. The zero-order chi connectivity index (χ0) is 23.4. The molecule has 1 aliphatic heterocycles. The molecule has 1 fully saturated rings. The van der Waals surface area contributed by atoms with Gasteiger partial charge in [-0.3, -0.25) is 9.59 Å². The fourth-order valence-electron chi connectivity index (χ4n) is 4.70. The molecule has 2 aromatic carbocycles. The molecule has 2 aliphatic rings. The van der Waals surface area contributed by atoms with E-state index >= 15 is 0 Å². The molecule has 2 amide bonds. The van der Waals surface area contributed by atoms with Crippen molar-refractivity contribution in [1.29, 1.82) is 0 Å². The van der Waals surface area contributed by atoms with E-state index in [1.54, 1.807) is 37.3 Å². The van der Waals surface area contributed by atoms with Crippen LogP contribution in [0.4, 0.5) is 0 Å². The van der Waals surface area contributed by atoms with Crippen LogP contribution in [0, 0.1) is 5.92 Å². The highest BCUT2D eigenvalue weighted by Gasteiger charge is 2.33. The molecule has 1 heterocycles. The number of rotatable bonds is 6. The second-order valence-electron chi connectivity index (χ2n) is 8.87. The lowest BCUT2D eigenvalue weighted by Gasteiger charge is -2.31. The smallest absolute Gasteiger partial charge is 0.243 e. The molecule has 1 saturated heterocycles. The summed E-state index contributed by atoms with van der Waals surface area (Å²) in [7, 11) is -3.55. The van der Waals surface area contributed by atoms with Gasteiger partial charge in [-0.2, -0.15) is 4.31 Å². The SMILES string of the molecule is C[C@H](NC(=O)C1CCN(S(=O)(=O)c2ccccc2)CC1)C(=O)N[C@@H]1CCCc2ccccc21. The molecule has 0 radical (unpaired) electrons. The van der Waals surface area contributed by atoms with E-state index in [1.807, 2.05) is 12.1 Å². The molecule has 0 bridgehead atoms. The van der Waals surface area contributed by atoms with Crippen molar-refractivity contribution in [2.45, 2.75) is 56.0 Å². The van der Waals surface area contributed by atoms with Gasteiger partial charge in [-0.1, -0.05) is 42.5 Å². The van der Waals surface area contributed by atoms with E-state index in [4.69, 9.17) is 0 Å². The average molecular weight is 470 g/mol.